The molecule has 0 bridgehead atoms. The van der Waals surface area contributed by atoms with Crippen LogP contribution in [0.1, 0.15) is 11.3 Å². The van der Waals surface area contributed by atoms with E-state index in [1.165, 1.54) is 12.1 Å². The molecule has 1 aliphatic heterocycles. The van der Waals surface area contributed by atoms with Gasteiger partial charge in [-0.1, -0.05) is 6.07 Å². The molecule has 1 aromatic carbocycles. The fraction of sp³-hybridized carbons (Fsp3) is 0.294. The zero-order valence-corrected chi connectivity index (χ0v) is 12.8. The van der Waals surface area contributed by atoms with Crippen LogP contribution >= 0.6 is 0 Å². The molecule has 0 radical (unpaired) electrons. The Labute approximate surface area is 137 Å². The van der Waals surface area contributed by atoms with Crippen molar-refractivity contribution in [3.63, 3.8) is 0 Å². The van der Waals surface area contributed by atoms with Gasteiger partial charge in [-0.05, 0) is 30.3 Å². The lowest BCUT2D eigenvalue weighted by Crippen LogP contribution is -2.46. The lowest BCUT2D eigenvalue weighted by atomic mass is 10.1. The number of piperazine rings is 1. The third-order valence-corrected chi connectivity index (χ3v) is 4.05. The van der Waals surface area contributed by atoms with Crippen molar-refractivity contribution < 1.29 is 13.2 Å². The van der Waals surface area contributed by atoms with E-state index >= 15 is 0 Å². The molecule has 0 saturated carbocycles. The summed E-state index contributed by atoms with van der Waals surface area (Å²) in [7, 11) is 0. The van der Waals surface area contributed by atoms with Crippen molar-refractivity contribution >= 4 is 11.4 Å². The van der Waals surface area contributed by atoms with Crippen molar-refractivity contribution in [2.45, 2.75) is 6.18 Å². The summed E-state index contributed by atoms with van der Waals surface area (Å²) in [6.45, 7) is 2.41. The Balaban J connectivity index is 1.73. The van der Waals surface area contributed by atoms with Crippen molar-refractivity contribution in [1.29, 1.82) is 5.26 Å². The molecule has 2 heterocycles. The number of anilines is 2. The first-order valence-corrected chi connectivity index (χ1v) is 7.51. The molecule has 0 amide bonds. The average Bonchev–Trinajstić information content (AvgIpc) is 2.61. The van der Waals surface area contributed by atoms with Gasteiger partial charge in [0, 0.05) is 38.1 Å². The molecule has 1 saturated heterocycles. The van der Waals surface area contributed by atoms with Crippen LogP contribution in [0.15, 0.2) is 42.6 Å². The van der Waals surface area contributed by atoms with Crippen LogP contribution in [0.3, 0.4) is 0 Å². The normalized spacial score (nSPS) is 15.2. The number of nitriles is 1. The Hall–Kier alpha value is -2.75. The predicted molar refractivity (Wildman–Crippen MR) is 84.8 cm³/mol. The number of nitrogens with zero attached hydrogens (tertiary/aromatic N) is 4. The molecule has 0 spiro atoms. The Morgan fingerprint density at radius 1 is 1.00 bits per heavy atom. The molecule has 1 aromatic heterocycles. The molecule has 1 aliphatic rings. The van der Waals surface area contributed by atoms with Crippen LogP contribution in [-0.4, -0.2) is 31.2 Å². The summed E-state index contributed by atoms with van der Waals surface area (Å²) in [6.07, 6.45) is -2.77. The molecule has 0 aliphatic carbocycles. The molecule has 0 N–H and O–H groups in total. The molecule has 1 fully saturated rings. The summed E-state index contributed by atoms with van der Waals surface area (Å²) in [4.78, 5) is 8.01. The number of halogens is 3. The smallest absolute Gasteiger partial charge is 0.368 e. The highest BCUT2D eigenvalue weighted by molar-refractivity contribution is 5.58. The van der Waals surface area contributed by atoms with E-state index < -0.39 is 11.7 Å². The topological polar surface area (TPSA) is 43.2 Å². The highest BCUT2D eigenvalue weighted by Gasteiger charge is 2.31. The maximum Gasteiger partial charge on any atom is 0.416 e. The Kier molecular flexibility index (Phi) is 4.30. The van der Waals surface area contributed by atoms with Crippen molar-refractivity contribution in [3.8, 4) is 6.07 Å². The first-order chi connectivity index (χ1) is 11.5. The number of hydrogen-bond donors (Lipinski definition) is 0. The molecule has 3 rings (SSSR count). The third kappa shape index (κ3) is 3.27. The zero-order valence-electron chi connectivity index (χ0n) is 12.8. The first kappa shape index (κ1) is 16.1. The minimum absolute atomic E-state index is 0.366. The number of aromatic nitrogens is 1. The third-order valence-electron chi connectivity index (χ3n) is 4.05. The highest BCUT2D eigenvalue weighted by Crippen LogP contribution is 2.32. The van der Waals surface area contributed by atoms with Crippen molar-refractivity contribution in [2.75, 3.05) is 36.0 Å². The second-order valence-corrected chi connectivity index (χ2v) is 5.51. The minimum atomic E-state index is -4.34. The highest BCUT2D eigenvalue weighted by atomic mass is 19.4. The van der Waals surface area contributed by atoms with E-state index in [0.29, 0.717) is 37.6 Å². The van der Waals surface area contributed by atoms with Crippen molar-refractivity contribution in [3.05, 3.63) is 53.9 Å². The van der Waals surface area contributed by atoms with E-state index in [1.807, 2.05) is 15.9 Å². The second-order valence-electron chi connectivity index (χ2n) is 5.51. The standard InChI is InChI=1S/C17H15F3N4/c18-17(19,20)13-3-1-4-14(11-13)23-7-9-24(10-8-23)16-5-2-6-22-15(16)12-21/h1-6,11H,7-10H2. The maximum atomic E-state index is 12.8. The minimum Gasteiger partial charge on any atom is -0.368 e. The largest absolute Gasteiger partial charge is 0.416 e. The molecular formula is C17H15F3N4. The van der Waals surface area contributed by atoms with E-state index in [0.717, 1.165) is 11.8 Å². The van der Waals surface area contributed by atoms with Crippen LogP contribution < -0.4 is 9.80 Å². The van der Waals surface area contributed by atoms with Crippen LogP contribution in [0.2, 0.25) is 0 Å². The molecule has 2 aromatic rings. The van der Waals surface area contributed by atoms with Gasteiger partial charge in [0.2, 0.25) is 0 Å². The Morgan fingerprint density at radius 2 is 1.71 bits per heavy atom. The maximum absolute atomic E-state index is 12.8. The van der Waals surface area contributed by atoms with Gasteiger partial charge in [0.1, 0.15) is 6.07 Å². The van der Waals surface area contributed by atoms with E-state index in [-0.39, 0.29) is 0 Å². The average molecular weight is 332 g/mol. The van der Waals surface area contributed by atoms with Crippen LogP contribution in [0.25, 0.3) is 0 Å². The number of hydrogen-bond acceptors (Lipinski definition) is 4. The lowest BCUT2D eigenvalue weighted by Gasteiger charge is -2.37. The number of benzene rings is 1. The fourth-order valence-electron chi connectivity index (χ4n) is 2.82. The molecule has 7 heteroatoms. The monoisotopic (exact) mass is 332 g/mol. The quantitative estimate of drug-likeness (QED) is 0.846. The van der Waals surface area contributed by atoms with E-state index in [9.17, 15) is 13.2 Å². The lowest BCUT2D eigenvalue weighted by molar-refractivity contribution is -0.137. The number of pyridine rings is 1. The number of alkyl halides is 3. The van der Waals surface area contributed by atoms with E-state index in [4.69, 9.17) is 5.26 Å². The summed E-state index contributed by atoms with van der Waals surface area (Å²) < 4.78 is 38.5. The van der Waals surface area contributed by atoms with Gasteiger partial charge in [-0.25, -0.2) is 4.98 Å². The summed E-state index contributed by atoms with van der Waals surface area (Å²) in [5.41, 5.74) is 1.06. The summed E-state index contributed by atoms with van der Waals surface area (Å²) in [5.74, 6) is 0. The second kappa shape index (κ2) is 6.40. The van der Waals surface area contributed by atoms with Crippen LogP contribution in [0.4, 0.5) is 24.5 Å². The van der Waals surface area contributed by atoms with Gasteiger partial charge in [-0.2, -0.15) is 18.4 Å². The molecular weight excluding hydrogens is 317 g/mol. The van der Waals surface area contributed by atoms with Gasteiger partial charge in [0.25, 0.3) is 0 Å². The van der Waals surface area contributed by atoms with Crippen molar-refractivity contribution in [2.24, 2.45) is 0 Å². The zero-order chi connectivity index (χ0) is 17.2. The first-order valence-electron chi connectivity index (χ1n) is 7.51. The number of rotatable bonds is 2. The van der Waals surface area contributed by atoms with Crippen LogP contribution in [0.5, 0.6) is 0 Å². The SMILES string of the molecule is N#Cc1ncccc1N1CCN(c2cccc(C(F)(F)F)c2)CC1. The summed E-state index contributed by atoms with van der Waals surface area (Å²) >= 11 is 0. The van der Waals surface area contributed by atoms with Crippen molar-refractivity contribution in [1.82, 2.24) is 4.98 Å². The fourth-order valence-corrected chi connectivity index (χ4v) is 2.82. The molecule has 4 nitrogen and oxygen atoms in total. The van der Waals surface area contributed by atoms with Crippen LogP contribution in [-0.2, 0) is 6.18 Å². The molecule has 0 unspecified atom stereocenters. The van der Waals surface area contributed by atoms with Gasteiger partial charge in [0.05, 0.1) is 11.3 Å². The summed E-state index contributed by atoms with van der Waals surface area (Å²) in [6, 6.07) is 11.1. The van der Waals surface area contributed by atoms with E-state index in [1.54, 1.807) is 18.3 Å². The van der Waals surface area contributed by atoms with Gasteiger partial charge >= 0.3 is 6.18 Å². The predicted octanol–water partition coefficient (Wildman–Crippen LogP) is 3.30. The Bertz CT molecular complexity index is 759. The van der Waals surface area contributed by atoms with E-state index in [2.05, 4.69) is 11.1 Å². The molecule has 0 atom stereocenters. The molecule has 24 heavy (non-hydrogen) atoms. The summed E-state index contributed by atoms with van der Waals surface area (Å²) in [5, 5.41) is 9.13. The van der Waals surface area contributed by atoms with Gasteiger partial charge in [-0.3, -0.25) is 0 Å². The van der Waals surface area contributed by atoms with Gasteiger partial charge in [0.15, 0.2) is 5.69 Å². The molecule has 124 valence electrons. The van der Waals surface area contributed by atoms with Gasteiger partial charge in [-0.15, -0.1) is 0 Å². The van der Waals surface area contributed by atoms with Gasteiger partial charge < -0.3 is 9.80 Å². The Morgan fingerprint density at radius 3 is 2.38 bits per heavy atom. The van der Waals surface area contributed by atoms with Crippen LogP contribution in [0, 0.1) is 11.3 Å².